The van der Waals surface area contributed by atoms with Gasteiger partial charge in [-0.1, -0.05) is 35.9 Å². The summed E-state index contributed by atoms with van der Waals surface area (Å²) in [6, 6.07) is 22.1. The molecule has 7 nitrogen and oxygen atoms in total. The zero-order valence-corrected chi connectivity index (χ0v) is 19.9. The second kappa shape index (κ2) is 10.3. The molecule has 1 aliphatic heterocycles. The number of carbonyl (C=O) groups is 2. The Kier molecular flexibility index (Phi) is 7.19. The van der Waals surface area contributed by atoms with Gasteiger partial charge in [-0.15, -0.1) is 0 Å². The van der Waals surface area contributed by atoms with Crippen molar-refractivity contribution in [2.45, 2.75) is 4.90 Å². The van der Waals surface area contributed by atoms with Crippen LogP contribution in [0.5, 0.6) is 0 Å². The van der Waals surface area contributed by atoms with Crippen molar-refractivity contribution in [3.05, 3.63) is 89.4 Å². The SMILES string of the molecule is O=C(CS(=O)(=O)c1ccccc1)Nc1ccc(N2CCN(C(=O)c3cccc(Cl)c3)CC2)cc1. The monoisotopic (exact) mass is 497 g/mol. The van der Waals surface area contributed by atoms with Gasteiger partial charge in [0, 0.05) is 48.1 Å². The predicted octanol–water partition coefficient (Wildman–Crippen LogP) is 3.71. The van der Waals surface area contributed by atoms with Crippen molar-refractivity contribution in [1.29, 1.82) is 0 Å². The highest BCUT2D eigenvalue weighted by Crippen LogP contribution is 2.21. The maximum atomic E-state index is 12.7. The fourth-order valence-corrected chi connectivity index (χ4v) is 5.15. The van der Waals surface area contributed by atoms with Crippen LogP contribution in [-0.2, 0) is 14.6 Å². The van der Waals surface area contributed by atoms with Gasteiger partial charge in [-0.25, -0.2) is 8.42 Å². The first-order valence-corrected chi connectivity index (χ1v) is 12.8. The van der Waals surface area contributed by atoms with Crippen LogP contribution in [0.1, 0.15) is 10.4 Å². The molecule has 176 valence electrons. The molecular formula is C25H24ClN3O4S. The van der Waals surface area contributed by atoms with Crippen LogP contribution in [-0.4, -0.2) is 57.1 Å². The first-order chi connectivity index (χ1) is 16.3. The molecule has 0 aliphatic carbocycles. The van der Waals surface area contributed by atoms with Gasteiger partial charge >= 0.3 is 0 Å². The summed E-state index contributed by atoms with van der Waals surface area (Å²) in [6.07, 6.45) is 0. The molecule has 1 saturated heterocycles. The van der Waals surface area contributed by atoms with Crippen LogP contribution < -0.4 is 10.2 Å². The Labute approximate surface area is 203 Å². The lowest BCUT2D eigenvalue weighted by atomic mass is 10.1. The summed E-state index contributed by atoms with van der Waals surface area (Å²) in [5.41, 5.74) is 2.06. The van der Waals surface area contributed by atoms with Crippen LogP contribution in [0.15, 0.2) is 83.8 Å². The third-order valence-electron chi connectivity index (χ3n) is 5.58. The minimum Gasteiger partial charge on any atom is -0.368 e. The molecule has 0 atom stereocenters. The Morgan fingerprint density at radius 1 is 0.853 bits per heavy atom. The molecule has 0 aromatic heterocycles. The van der Waals surface area contributed by atoms with Crippen molar-refractivity contribution in [3.63, 3.8) is 0 Å². The minimum atomic E-state index is -3.70. The maximum absolute atomic E-state index is 12.7. The van der Waals surface area contributed by atoms with Gasteiger partial charge in [0.2, 0.25) is 5.91 Å². The molecule has 1 heterocycles. The van der Waals surface area contributed by atoms with Crippen LogP contribution in [0.4, 0.5) is 11.4 Å². The van der Waals surface area contributed by atoms with Crippen molar-refractivity contribution in [2.75, 3.05) is 42.1 Å². The lowest BCUT2D eigenvalue weighted by molar-refractivity contribution is -0.113. The van der Waals surface area contributed by atoms with Crippen molar-refractivity contribution in [3.8, 4) is 0 Å². The van der Waals surface area contributed by atoms with Crippen molar-refractivity contribution < 1.29 is 18.0 Å². The smallest absolute Gasteiger partial charge is 0.254 e. The predicted molar refractivity (Wildman–Crippen MR) is 133 cm³/mol. The fraction of sp³-hybridized carbons (Fsp3) is 0.200. The third kappa shape index (κ3) is 5.76. The Bertz CT molecular complexity index is 1270. The Morgan fingerprint density at radius 3 is 2.18 bits per heavy atom. The van der Waals surface area contributed by atoms with E-state index in [1.807, 2.05) is 17.0 Å². The Hall–Kier alpha value is -3.36. The number of benzene rings is 3. The summed E-state index contributed by atoms with van der Waals surface area (Å²) in [6.45, 7) is 2.52. The van der Waals surface area contributed by atoms with E-state index in [2.05, 4.69) is 10.2 Å². The van der Waals surface area contributed by atoms with Gasteiger partial charge in [-0.2, -0.15) is 0 Å². The minimum absolute atomic E-state index is 0.0364. The number of hydrogen-bond donors (Lipinski definition) is 1. The first-order valence-electron chi connectivity index (χ1n) is 10.8. The number of halogens is 1. The summed E-state index contributed by atoms with van der Waals surface area (Å²) in [5.74, 6) is -1.25. The van der Waals surface area contributed by atoms with Gasteiger partial charge in [-0.3, -0.25) is 9.59 Å². The molecule has 1 N–H and O–H groups in total. The van der Waals surface area contributed by atoms with E-state index < -0.39 is 21.5 Å². The van der Waals surface area contributed by atoms with E-state index in [0.717, 1.165) is 5.69 Å². The molecule has 9 heteroatoms. The van der Waals surface area contributed by atoms with E-state index in [0.29, 0.717) is 42.5 Å². The van der Waals surface area contributed by atoms with Crippen LogP contribution in [0, 0.1) is 0 Å². The van der Waals surface area contributed by atoms with Gasteiger partial charge in [0.05, 0.1) is 4.90 Å². The average molecular weight is 498 g/mol. The summed E-state index contributed by atoms with van der Waals surface area (Å²) in [5, 5.41) is 3.18. The van der Waals surface area contributed by atoms with E-state index in [4.69, 9.17) is 11.6 Å². The van der Waals surface area contributed by atoms with Crippen molar-refractivity contribution in [1.82, 2.24) is 4.90 Å². The van der Waals surface area contributed by atoms with Crippen LogP contribution in [0.2, 0.25) is 5.02 Å². The summed E-state index contributed by atoms with van der Waals surface area (Å²) in [7, 11) is -3.70. The fourth-order valence-electron chi connectivity index (χ4n) is 3.81. The molecule has 34 heavy (non-hydrogen) atoms. The summed E-state index contributed by atoms with van der Waals surface area (Å²) in [4.78, 5) is 29.1. The molecule has 1 aliphatic rings. The quantitative estimate of drug-likeness (QED) is 0.561. The van der Waals surface area contributed by atoms with Gasteiger partial charge in [-0.05, 0) is 54.6 Å². The average Bonchev–Trinajstić information content (AvgIpc) is 2.84. The number of nitrogens with zero attached hydrogens (tertiary/aromatic N) is 2. The number of hydrogen-bond acceptors (Lipinski definition) is 5. The molecule has 0 unspecified atom stereocenters. The molecule has 3 aromatic rings. The zero-order chi connectivity index (χ0) is 24.1. The number of amides is 2. The molecule has 3 aromatic carbocycles. The van der Waals surface area contributed by atoms with Gasteiger partial charge in [0.15, 0.2) is 9.84 Å². The van der Waals surface area contributed by atoms with Crippen molar-refractivity contribution in [2.24, 2.45) is 0 Å². The normalized spacial score (nSPS) is 14.0. The number of anilines is 2. The molecule has 0 bridgehead atoms. The van der Waals surface area contributed by atoms with Crippen LogP contribution in [0.25, 0.3) is 0 Å². The van der Waals surface area contributed by atoms with E-state index in [9.17, 15) is 18.0 Å². The van der Waals surface area contributed by atoms with Crippen LogP contribution in [0.3, 0.4) is 0 Å². The summed E-state index contributed by atoms with van der Waals surface area (Å²) >= 11 is 6.00. The topological polar surface area (TPSA) is 86.8 Å². The van der Waals surface area contributed by atoms with Crippen LogP contribution >= 0.6 is 11.6 Å². The number of rotatable bonds is 6. The largest absolute Gasteiger partial charge is 0.368 e. The Balaban J connectivity index is 1.31. The molecule has 2 amide bonds. The summed E-state index contributed by atoms with van der Waals surface area (Å²) < 4.78 is 24.7. The van der Waals surface area contributed by atoms with E-state index in [1.165, 1.54) is 12.1 Å². The number of sulfone groups is 1. The molecule has 0 saturated carbocycles. The highest BCUT2D eigenvalue weighted by molar-refractivity contribution is 7.92. The first kappa shape index (κ1) is 23.8. The second-order valence-electron chi connectivity index (χ2n) is 7.96. The highest BCUT2D eigenvalue weighted by atomic mass is 35.5. The second-order valence-corrected chi connectivity index (χ2v) is 10.4. The van der Waals surface area contributed by atoms with E-state index in [-0.39, 0.29) is 10.8 Å². The van der Waals surface area contributed by atoms with Crippen molar-refractivity contribution >= 4 is 44.6 Å². The van der Waals surface area contributed by atoms with Gasteiger partial charge in [0.25, 0.3) is 5.91 Å². The molecule has 0 spiro atoms. The highest BCUT2D eigenvalue weighted by Gasteiger charge is 2.23. The maximum Gasteiger partial charge on any atom is 0.254 e. The van der Waals surface area contributed by atoms with Gasteiger partial charge in [0.1, 0.15) is 5.75 Å². The van der Waals surface area contributed by atoms with E-state index >= 15 is 0 Å². The van der Waals surface area contributed by atoms with E-state index in [1.54, 1.807) is 54.6 Å². The molecule has 1 fully saturated rings. The lowest BCUT2D eigenvalue weighted by Gasteiger charge is -2.36. The standard InChI is InChI=1S/C25H24ClN3O4S/c26-20-6-4-5-19(17-20)25(31)29-15-13-28(14-16-29)22-11-9-21(10-12-22)27-24(30)18-34(32,33)23-7-2-1-3-8-23/h1-12,17H,13-16,18H2,(H,27,30). The number of carbonyl (C=O) groups excluding carboxylic acids is 2. The lowest BCUT2D eigenvalue weighted by Crippen LogP contribution is -2.48. The molecule has 0 radical (unpaired) electrons. The number of piperazine rings is 1. The third-order valence-corrected chi connectivity index (χ3v) is 7.45. The molecular weight excluding hydrogens is 474 g/mol. The Morgan fingerprint density at radius 2 is 1.53 bits per heavy atom. The number of nitrogens with one attached hydrogen (secondary N) is 1. The van der Waals surface area contributed by atoms with Gasteiger partial charge < -0.3 is 15.1 Å². The zero-order valence-electron chi connectivity index (χ0n) is 18.4. The molecule has 4 rings (SSSR count).